The van der Waals surface area contributed by atoms with Gasteiger partial charge in [0.25, 0.3) is 5.91 Å². The van der Waals surface area contributed by atoms with Crippen molar-refractivity contribution in [3.05, 3.63) is 65.7 Å². The SMILES string of the molecule is COc1ccc([C@H](OC(=O)Nc2ccc(C(C)=O)cc2)[C@H](CC/C=C/C(=O)NO)OC)cc1O. The van der Waals surface area contributed by atoms with E-state index in [9.17, 15) is 19.5 Å². The van der Waals surface area contributed by atoms with Gasteiger partial charge < -0.3 is 19.3 Å². The van der Waals surface area contributed by atoms with Gasteiger partial charge in [-0.25, -0.2) is 10.3 Å². The Balaban J connectivity index is 2.21. The fourth-order valence-electron chi connectivity index (χ4n) is 3.17. The van der Waals surface area contributed by atoms with Crippen molar-refractivity contribution in [3.8, 4) is 11.5 Å². The minimum Gasteiger partial charge on any atom is -0.504 e. The molecule has 2 aromatic carbocycles. The van der Waals surface area contributed by atoms with Gasteiger partial charge in [0, 0.05) is 24.4 Å². The summed E-state index contributed by atoms with van der Waals surface area (Å²) in [5, 5.41) is 21.4. The third-order valence-electron chi connectivity index (χ3n) is 4.94. The van der Waals surface area contributed by atoms with Gasteiger partial charge in [0.05, 0.1) is 13.2 Å². The van der Waals surface area contributed by atoms with E-state index in [2.05, 4.69) is 5.32 Å². The molecule has 0 fully saturated rings. The highest BCUT2D eigenvalue weighted by molar-refractivity contribution is 5.95. The fraction of sp³-hybridized carbons (Fsp3) is 0.292. The van der Waals surface area contributed by atoms with E-state index in [0.29, 0.717) is 29.7 Å². The first-order chi connectivity index (χ1) is 16.3. The lowest BCUT2D eigenvalue weighted by molar-refractivity contribution is -0.124. The predicted octanol–water partition coefficient (Wildman–Crippen LogP) is 3.75. The third kappa shape index (κ3) is 7.61. The molecular formula is C24H28N2O8. The topological polar surface area (TPSA) is 143 Å². The van der Waals surface area contributed by atoms with E-state index in [1.54, 1.807) is 30.3 Å². The van der Waals surface area contributed by atoms with E-state index in [1.807, 2.05) is 0 Å². The number of carbonyl (C=O) groups is 3. The van der Waals surface area contributed by atoms with Crippen LogP contribution in [0.1, 0.15) is 41.8 Å². The zero-order valence-corrected chi connectivity index (χ0v) is 19.1. The van der Waals surface area contributed by atoms with Crippen LogP contribution in [0.15, 0.2) is 54.6 Å². The number of amides is 2. The quantitative estimate of drug-likeness (QED) is 0.168. The number of phenols is 1. The highest BCUT2D eigenvalue weighted by Crippen LogP contribution is 2.33. The number of allylic oxidation sites excluding steroid dienone is 1. The Bertz CT molecular complexity index is 1020. The van der Waals surface area contributed by atoms with E-state index < -0.39 is 24.2 Å². The van der Waals surface area contributed by atoms with Gasteiger partial charge in [-0.2, -0.15) is 0 Å². The molecule has 2 atom stereocenters. The van der Waals surface area contributed by atoms with E-state index >= 15 is 0 Å². The molecule has 0 aliphatic carbocycles. The number of ether oxygens (including phenoxy) is 3. The zero-order valence-electron chi connectivity index (χ0n) is 19.1. The number of benzene rings is 2. The van der Waals surface area contributed by atoms with Crippen molar-refractivity contribution in [2.75, 3.05) is 19.5 Å². The summed E-state index contributed by atoms with van der Waals surface area (Å²) in [6.07, 6.45) is 1.11. The van der Waals surface area contributed by atoms with Gasteiger partial charge in [-0.1, -0.05) is 12.1 Å². The molecule has 0 bridgehead atoms. The number of rotatable bonds is 11. The van der Waals surface area contributed by atoms with Crippen LogP contribution < -0.4 is 15.5 Å². The average molecular weight is 472 g/mol. The third-order valence-corrected chi connectivity index (χ3v) is 4.94. The first-order valence-corrected chi connectivity index (χ1v) is 10.4. The van der Waals surface area contributed by atoms with E-state index in [0.717, 1.165) is 0 Å². The molecule has 0 radical (unpaired) electrons. The van der Waals surface area contributed by atoms with Crippen LogP contribution in [0.3, 0.4) is 0 Å². The maximum absolute atomic E-state index is 12.7. The van der Waals surface area contributed by atoms with Crippen LogP contribution in [-0.2, 0) is 14.3 Å². The summed E-state index contributed by atoms with van der Waals surface area (Å²) in [5.41, 5.74) is 2.90. The lowest BCUT2D eigenvalue weighted by atomic mass is 9.99. The molecule has 2 amide bonds. The normalized spacial score (nSPS) is 12.6. The highest BCUT2D eigenvalue weighted by Gasteiger charge is 2.28. The number of ketones is 1. The van der Waals surface area contributed by atoms with E-state index in [4.69, 9.17) is 19.4 Å². The molecule has 0 heterocycles. The number of carbonyl (C=O) groups excluding carboxylic acids is 3. The van der Waals surface area contributed by atoms with Crippen molar-refractivity contribution in [1.82, 2.24) is 5.48 Å². The Morgan fingerprint density at radius 3 is 2.35 bits per heavy atom. The zero-order chi connectivity index (χ0) is 25.1. The van der Waals surface area contributed by atoms with Crippen molar-refractivity contribution in [2.45, 2.75) is 32.0 Å². The van der Waals surface area contributed by atoms with Crippen molar-refractivity contribution >= 4 is 23.5 Å². The molecule has 0 aliphatic rings. The number of Topliss-reactive ketones (excluding diaryl/α,β-unsaturated/α-hetero) is 1. The molecule has 2 rings (SSSR count). The second kappa shape index (κ2) is 13.0. The molecule has 0 aliphatic heterocycles. The molecule has 182 valence electrons. The lowest BCUT2D eigenvalue weighted by Crippen LogP contribution is -2.28. The van der Waals surface area contributed by atoms with Gasteiger partial charge in [-0.15, -0.1) is 0 Å². The number of methoxy groups -OCH3 is 2. The molecule has 0 aromatic heterocycles. The summed E-state index contributed by atoms with van der Waals surface area (Å²) >= 11 is 0. The summed E-state index contributed by atoms with van der Waals surface area (Å²) in [6, 6.07) is 10.9. The van der Waals surface area contributed by atoms with Gasteiger partial charge >= 0.3 is 6.09 Å². The van der Waals surface area contributed by atoms with Crippen LogP contribution in [0.25, 0.3) is 0 Å². The van der Waals surface area contributed by atoms with Crippen LogP contribution in [0.5, 0.6) is 11.5 Å². The van der Waals surface area contributed by atoms with Crippen LogP contribution >= 0.6 is 0 Å². The minimum absolute atomic E-state index is 0.0954. The van der Waals surface area contributed by atoms with Gasteiger partial charge in [-0.05, 0) is 61.7 Å². The molecule has 0 saturated heterocycles. The second-order valence-corrected chi connectivity index (χ2v) is 7.25. The fourth-order valence-corrected chi connectivity index (χ4v) is 3.17. The van der Waals surface area contributed by atoms with Crippen LogP contribution in [0.4, 0.5) is 10.5 Å². The van der Waals surface area contributed by atoms with Crippen molar-refractivity contribution < 1.29 is 38.9 Å². The minimum atomic E-state index is -0.918. The molecule has 0 saturated carbocycles. The van der Waals surface area contributed by atoms with Gasteiger partial charge in [0.15, 0.2) is 23.4 Å². The molecule has 0 spiro atoms. The highest BCUT2D eigenvalue weighted by atomic mass is 16.6. The van der Waals surface area contributed by atoms with E-state index in [1.165, 1.54) is 50.9 Å². The second-order valence-electron chi connectivity index (χ2n) is 7.25. The Morgan fingerprint density at radius 1 is 1.09 bits per heavy atom. The first-order valence-electron chi connectivity index (χ1n) is 10.4. The molecule has 10 heteroatoms. The van der Waals surface area contributed by atoms with Crippen molar-refractivity contribution in [2.24, 2.45) is 0 Å². The van der Waals surface area contributed by atoms with Gasteiger partial charge in [-0.3, -0.25) is 20.1 Å². The van der Waals surface area contributed by atoms with Gasteiger partial charge in [0.2, 0.25) is 0 Å². The smallest absolute Gasteiger partial charge is 0.412 e. The molecule has 0 unspecified atom stereocenters. The number of anilines is 1. The van der Waals surface area contributed by atoms with Crippen LogP contribution in [0, 0.1) is 0 Å². The predicted molar refractivity (Wildman–Crippen MR) is 123 cm³/mol. The molecular weight excluding hydrogens is 444 g/mol. The molecule has 4 N–H and O–H groups in total. The van der Waals surface area contributed by atoms with E-state index in [-0.39, 0.29) is 17.3 Å². The summed E-state index contributed by atoms with van der Waals surface area (Å²) < 4.78 is 16.3. The summed E-state index contributed by atoms with van der Waals surface area (Å²) in [4.78, 5) is 35.2. The maximum Gasteiger partial charge on any atom is 0.412 e. The number of hydroxylamine groups is 1. The van der Waals surface area contributed by atoms with Crippen LogP contribution in [0.2, 0.25) is 0 Å². The average Bonchev–Trinajstić information content (AvgIpc) is 2.83. The number of hydrogen-bond donors (Lipinski definition) is 4. The first kappa shape index (κ1) is 26.4. The Hall–Kier alpha value is -3.89. The monoisotopic (exact) mass is 472 g/mol. The molecule has 10 nitrogen and oxygen atoms in total. The van der Waals surface area contributed by atoms with Gasteiger partial charge in [0.1, 0.15) is 0 Å². The maximum atomic E-state index is 12.7. The van der Waals surface area contributed by atoms with Crippen LogP contribution in [-0.4, -0.2) is 48.4 Å². The standard InChI is InChI=1S/C24H28N2O8/c1-15(27)16-8-11-18(12-9-16)25-24(30)34-23(17-10-13-20(32-2)19(28)14-17)21(33-3)6-4-5-7-22(29)26-31/h5,7-14,21,23,28,31H,4,6H2,1-3H3,(H,25,30)(H,26,29)/b7-5+/t21-,23-/m0/s1. The molecule has 2 aromatic rings. The Morgan fingerprint density at radius 2 is 1.79 bits per heavy atom. The largest absolute Gasteiger partial charge is 0.504 e. The summed E-state index contributed by atoms with van der Waals surface area (Å²) in [6.45, 7) is 1.45. The van der Waals surface area contributed by atoms with Crippen molar-refractivity contribution in [1.29, 1.82) is 0 Å². The summed E-state index contributed by atoms with van der Waals surface area (Å²) in [5.74, 6) is -0.647. The summed E-state index contributed by atoms with van der Waals surface area (Å²) in [7, 11) is 2.87. The molecule has 34 heavy (non-hydrogen) atoms. The number of phenolic OH excluding ortho intramolecular Hbond substituents is 1. The number of aromatic hydroxyl groups is 1. The number of nitrogens with one attached hydrogen (secondary N) is 2. The number of hydrogen-bond acceptors (Lipinski definition) is 8. The lowest BCUT2D eigenvalue weighted by Gasteiger charge is -2.26. The van der Waals surface area contributed by atoms with Crippen molar-refractivity contribution in [3.63, 3.8) is 0 Å². The Labute approximate surface area is 197 Å². The Kier molecular flexibility index (Phi) is 10.1.